The molecule has 0 bridgehead atoms. The number of fused-ring (bicyclic) bond motifs is 6. The summed E-state index contributed by atoms with van der Waals surface area (Å²) >= 11 is 2.95. The average molecular weight is 505 g/mol. The molecule has 0 spiro atoms. The number of thiophene rings is 2. The molecule has 0 radical (unpaired) electrons. The van der Waals surface area contributed by atoms with Gasteiger partial charge in [-0.25, -0.2) is 8.78 Å². The number of alkyl halides is 2. The standard InChI is InChI=1S/C28H34F2O2S2/c1-3-5-7-9-11-15-13-17-25(31)19-21(27(17)33-15)23(29)20-22(24(19)30)28-18(26(20)32)14-16(34-28)12-10-8-6-4-2/h13-14,19-24H,3-12H2,1-2H3. The van der Waals surface area contributed by atoms with Gasteiger partial charge >= 0.3 is 0 Å². The molecule has 5 rings (SSSR count). The minimum atomic E-state index is -1.50. The van der Waals surface area contributed by atoms with Crippen molar-refractivity contribution in [3.05, 3.63) is 42.8 Å². The minimum absolute atomic E-state index is 0.248. The number of carbonyl (C=O) groups is 2. The van der Waals surface area contributed by atoms with Crippen molar-refractivity contribution in [2.24, 2.45) is 11.8 Å². The Kier molecular flexibility index (Phi) is 7.09. The zero-order valence-corrected chi connectivity index (χ0v) is 21.7. The SMILES string of the molecule is CCCCCCc1cc2c(s1)C1C(F)C3C(=O)c4cc(CCCCCC)sc4C3C(F)C1C2=O. The van der Waals surface area contributed by atoms with Crippen LogP contribution in [0.5, 0.6) is 0 Å². The normalized spacial score (nSPS) is 29.3. The fraction of sp³-hybridized carbons (Fsp3) is 0.643. The monoisotopic (exact) mass is 504 g/mol. The molecule has 0 aromatic carbocycles. The number of Topliss-reactive ketones (excluding diaryl/α,β-unsaturated/α-hetero) is 2. The lowest BCUT2D eigenvalue weighted by Gasteiger charge is -2.39. The molecule has 2 aromatic rings. The maximum Gasteiger partial charge on any atom is 0.170 e. The van der Waals surface area contributed by atoms with Crippen LogP contribution in [0.3, 0.4) is 0 Å². The summed E-state index contributed by atoms with van der Waals surface area (Å²) in [6, 6.07) is 3.77. The van der Waals surface area contributed by atoms with Gasteiger partial charge < -0.3 is 0 Å². The molecule has 0 saturated heterocycles. The summed E-state index contributed by atoms with van der Waals surface area (Å²) in [6.07, 6.45) is 7.80. The first-order chi connectivity index (χ1) is 16.5. The molecule has 6 atom stereocenters. The van der Waals surface area contributed by atoms with Crippen molar-refractivity contribution in [2.45, 2.75) is 102 Å². The van der Waals surface area contributed by atoms with Crippen LogP contribution < -0.4 is 0 Å². The number of rotatable bonds is 10. The highest BCUT2D eigenvalue weighted by Crippen LogP contribution is 2.61. The molecule has 0 N–H and O–H groups in total. The number of unbranched alkanes of at least 4 members (excludes halogenated alkanes) is 6. The largest absolute Gasteiger partial charge is 0.294 e. The number of halogens is 2. The number of hydrogen-bond acceptors (Lipinski definition) is 4. The molecule has 2 heterocycles. The molecule has 2 aromatic heterocycles. The minimum Gasteiger partial charge on any atom is -0.294 e. The van der Waals surface area contributed by atoms with E-state index >= 15 is 8.78 Å². The van der Waals surface area contributed by atoms with Crippen LogP contribution in [0.15, 0.2) is 12.1 Å². The van der Waals surface area contributed by atoms with E-state index in [1.165, 1.54) is 35.5 Å². The second-order valence-corrected chi connectivity index (χ2v) is 12.7. The van der Waals surface area contributed by atoms with Crippen molar-refractivity contribution in [3.63, 3.8) is 0 Å². The Morgan fingerprint density at radius 1 is 0.647 bits per heavy atom. The van der Waals surface area contributed by atoms with E-state index in [0.29, 0.717) is 20.9 Å². The van der Waals surface area contributed by atoms with Gasteiger partial charge in [-0.15, -0.1) is 22.7 Å². The maximum absolute atomic E-state index is 16.0. The van der Waals surface area contributed by atoms with Crippen LogP contribution in [0.1, 0.15) is 117 Å². The number of hydrogen-bond donors (Lipinski definition) is 0. The fourth-order valence-electron chi connectivity index (χ4n) is 6.32. The Bertz CT molecular complexity index is 986. The average Bonchev–Trinajstić information content (AvgIpc) is 3.54. The van der Waals surface area contributed by atoms with Gasteiger partial charge in [-0.3, -0.25) is 9.59 Å². The molecule has 3 aliphatic rings. The Morgan fingerprint density at radius 3 is 1.44 bits per heavy atom. The predicted molar refractivity (Wildman–Crippen MR) is 135 cm³/mol. The third kappa shape index (κ3) is 3.93. The number of ketones is 2. The van der Waals surface area contributed by atoms with Crippen molar-refractivity contribution in [1.29, 1.82) is 0 Å². The van der Waals surface area contributed by atoms with E-state index in [-0.39, 0.29) is 11.6 Å². The van der Waals surface area contributed by atoms with E-state index in [2.05, 4.69) is 13.8 Å². The summed E-state index contributed by atoms with van der Waals surface area (Å²) in [5.41, 5.74) is 1.04. The highest BCUT2D eigenvalue weighted by molar-refractivity contribution is 7.13. The lowest BCUT2D eigenvalue weighted by Crippen LogP contribution is -2.46. The first kappa shape index (κ1) is 24.3. The summed E-state index contributed by atoms with van der Waals surface area (Å²) in [5, 5.41) is 0. The van der Waals surface area contributed by atoms with E-state index in [0.717, 1.165) is 61.1 Å². The van der Waals surface area contributed by atoms with Crippen molar-refractivity contribution < 1.29 is 18.4 Å². The van der Waals surface area contributed by atoms with E-state index in [1.54, 1.807) is 0 Å². The summed E-state index contributed by atoms with van der Waals surface area (Å²) in [7, 11) is 0. The van der Waals surface area contributed by atoms with Gasteiger partial charge in [-0.1, -0.05) is 52.4 Å². The van der Waals surface area contributed by atoms with Gasteiger partial charge in [0, 0.05) is 42.5 Å². The van der Waals surface area contributed by atoms with E-state index in [9.17, 15) is 9.59 Å². The summed E-state index contributed by atoms with van der Waals surface area (Å²) in [5.74, 6) is -4.08. The van der Waals surface area contributed by atoms with Crippen LogP contribution in [-0.2, 0) is 12.8 Å². The first-order valence-electron chi connectivity index (χ1n) is 13.1. The molecule has 2 nitrogen and oxygen atoms in total. The quantitative estimate of drug-likeness (QED) is 0.305. The van der Waals surface area contributed by atoms with Crippen LogP contribution in [-0.4, -0.2) is 23.9 Å². The molecule has 1 fully saturated rings. The fourth-order valence-corrected chi connectivity index (χ4v) is 9.10. The molecule has 0 aliphatic heterocycles. The van der Waals surface area contributed by atoms with E-state index < -0.39 is 36.0 Å². The third-order valence-corrected chi connectivity index (χ3v) is 10.7. The zero-order valence-electron chi connectivity index (χ0n) is 20.1. The van der Waals surface area contributed by atoms with Crippen LogP contribution in [0.2, 0.25) is 0 Å². The second-order valence-electron chi connectivity index (χ2n) is 10.3. The smallest absolute Gasteiger partial charge is 0.170 e. The predicted octanol–water partition coefficient (Wildman–Crippen LogP) is 8.24. The molecule has 6 unspecified atom stereocenters. The number of carbonyl (C=O) groups excluding carboxylic acids is 2. The Morgan fingerprint density at radius 2 is 1.06 bits per heavy atom. The van der Waals surface area contributed by atoms with Gasteiger partial charge in [-0.2, -0.15) is 0 Å². The van der Waals surface area contributed by atoms with Gasteiger partial charge in [0.05, 0.1) is 11.8 Å². The van der Waals surface area contributed by atoms with E-state index in [1.807, 2.05) is 12.1 Å². The van der Waals surface area contributed by atoms with Crippen LogP contribution in [0, 0.1) is 11.8 Å². The van der Waals surface area contributed by atoms with E-state index in [4.69, 9.17) is 0 Å². The topological polar surface area (TPSA) is 34.1 Å². The first-order valence-corrected chi connectivity index (χ1v) is 14.7. The highest BCUT2D eigenvalue weighted by Gasteiger charge is 2.64. The van der Waals surface area contributed by atoms with Gasteiger partial charge in [0.15, 0.2) is 11.6 Å². The summed E-state index contributed by atoms with van der Waals surface area (Å²) < 4.78 is 32.1. The van der Waals surface area contributed by atoms with Crippen molar-refractivity contribution >= 4 is 34.2 Å². The lowest BCUT2D eigenvalue weighted by atomic mass is 9.67. The van der Waals surface area contributed by atoms with Gasteiger partial charge in [0.1, 0.15) is 12.3 Å². The lowest BCUT2D eigenvalue weighted by molar-refractivity contribution is 0.0241. The third-order valence-electron chi connectivity index (χ3n) is 8.07. The van der Waals surface area contributed by atoms with Gasteiger partial charge in [0.2, 0.25) is 0 Å². The zero-order chi connectivity index (χ0) is 24.0. The van der Waals surface area contributed by atoms with Gasteiger partial charge in [0.25, 0.3) is 0 Å². The molecule has 6 heteroatoms. The molecular formula is C28H34F2O2S2. The highest BCUT2D eigenvalue weighted by atomic mass is 32.1. The van der Waals surface area contributed by atoms with Crippen LogP contribution in [0.4, 0.5) is 8.78 Å². The van der Waals surface area contributed by atoms with Gasteiger partial charge in [-0.05, 0) is 37.8 Å². The second kappa shape index (κ2) is 9.93. The molecule has 184 valence electrons. The molecule has 1 saturated carbocycles. The summed E-state index contributed by atoms with van der Waals surface area (Å²) in [6.45, 7) is 4.34. The maximum atomic E-state index is 16.0. The van der Waals surface area contributed by atoms with Crippen molar-refractivity contribution in [1.82, 2.24) is 0 Å². The van der Waals surface area contributed by atoms with Crippen molar-refractivity contribution in [2.75, 3.05) is 0 Å². The number of aryl methyl sites for hydroxylation is 2. The Labute approximate surface area is 209 Å². The Balaban J connectivity index is 1.37. The molecular weight excluding hydrogens is 470 g/mol. The van der Waals surface area contributed by atoms with Crippen molar-refractivity contribution in [3.8, 4) is 0 Å². The van der Waals surface area contributed by atoms with Crippen LogP contribution >= 0.6 is 22.7 Å². The molecule has 0 amide bonds. The van der Waals surface area contributed by atoms with Crippen LogP contribution in [0.25, 0.3) is 0 Å². The molecule has 34 heavy (non-hydrogen) atoms. The molecule has 3 aliphatic carbocycles. The Hall–Kier alpha value is -1.40. The summed E-state index contributed by atoms with van der Waals surface area (Å²) in [4.78, 5) is 30.1.